The first kappa shape index (κ1) is 27.6. The van der Waals surface area contributed by atoms with Gasteiger partial charge in [-0.1, -0.05) is 49.5 Å². The number of nitro groups is 1. The molecule has 0 N–H and O–H groups in total. The van der Waals surface area contributed by atoms with Gasteiger partial charge in [0.25, 0.3) is 5.69 Å². The van der Waals surface area contributed by atoms with Crippen LogP contribution in [0.5, 0.6) is 0 Å². The molecule has 1 heterocycles. The largest absolute Gasteiger partial charge is 0.459 e. The van der Waals surface area contributed by atoms with Crippen molar-refractivity contribution in [1.82, 2.24) is 4.90 Å². The van der Waals surface area contributed by atoms with Crippen molar-refractivity contribution < 1.29 is 23.7 Å². The number of nitro benzene ring substituents is 1. The monoisotopic (exact) mass is 528 g/mol. The topological polar surface area (TPSA) is 99.0 Å². The lowest BCUT2D eigenvalue weighted by molar-refractivity contribution is -0.384. The zero-order valence-electron chi connectivity index (χ0n) is 21.2. The fourth-order valence-electron chi connectivity index (χ4n) is 4.55. The Bertz CT molecular complexity index is 1120. The Balaban J connectivity index is 1.72. The Kier molecular flexibility index (Phi) is 8.75. The number of benzene rings is 2. The molecule has 1 aliphatic rings. The van der Waals surface area contributed by atoms with Crippen molar-refractivity contribution in [2.45, 2.75) is 52.2 Å². The number of hydrogen-bond donors (Lipinski definition) is 0. The highest BCUT2D eigenvalue weighted by molar-refractivity contribution is 7.80. The molecule has 0 radical (unpaired) electrons. The number of ether oxygens (including phenoxy) is 1. The van der Waals surface area contributed by atoms with Gasteiger partial charge >= 0.3 is 5.97 Å². The van der Waals surface area contributed by atoms with Gasteiger partial charge in [0.1, 0.15) is 13.2 Å². The number of hydrogen-bond acceptors (Lipinski definition) is 7. The zero-order chi connectivity index (χ0) is 26.6. The number of esters is 1. The van der Waals surface area contributed by atoms with Crippen molar-refractivity contribution in [1.29, 1.82) is 0 Å². The molecule has 2 aromatic rings. The molecule has 0 bridgehead atoms. The molecule has 8 nitrogen and oxygen atoms in total. The number of likely N-dealkylation sites (tertiary alicyclic amines) is 1. The summed E-state index contributed by atoms with van der Waals surface area (Å²) in [5.74, 6) is -1.29. The summed E-state index contributed by atoms with van der Waals surface area (Å²) in [5.41, 5.74) is 1.50. The average Bonchev–Trinajstić information content (AvgIpc) is 2.83. The molecule has 2 aromatic carbocycles. The number of amides is 1. The van der Waals surface area contributed by atoms with Crippen molar-refractivity contribution in [3.8, 4) is 0 Å². The first-order valence-electron chi connectivity index (χ1n) is 11.9. The van der Waals surface area contributed by atoms with Gasteiger partial charge in [-0.2, -0.15) is 0 Å². The molecule has 10 heteroatoms. The number of β-lactam (4-membered cyclic amide) rings is 1. The zero-order valence-corrected chi connectivity index (χ0v) is 23.0. The van der Waals surface area contributed by atoms with E-state index in [1.807, 2.05) is 44.2 Å². The number of carbonyl (C=O) groups excluding carboxylic acids is 2. The molecule has 192 valence electrons. The molecule has 1 amide bonds. The lowest BCUT2D eigenvalue weighted by atomic mass is 9.74. The van der Waals surface area contributed by atoms with E-state index in [-0.39, 0.29) is 42.8 Å². The standard InChI is InChI=1S/C26H32N2O6SSi/c1-17(25(35)20-9-7-6-8-10-20)24-23(18(2)34-36(3,4)5)26(30)27(24)15-22(29)33-16-19-11-13-21(14-12-19)28(31)32/h6-14,17-18,23-24H,15-16H2,1-5H3/t17-,18-,23-,24-/m1/s1. The molecule has 0 aliphatic carbocycles. The third-order valence-corrected chi connectivity index (χ3v) is 7.86. The van der Waals surface area contributed by atoms with Crippen LogP contribution in [0.3, 0.4) is 0 Å². The summed E-state index contributed by atoms with van der Waals surface area (Å²) in [4.78, 5) is 38.5. The second kappa shape index (κ2) is 11.4. The Morgan fingerprint density at radius 3 is 2.28 bits per heavy atom. The van der Waals surface area contributed by atoms with Crippen LogP contribution in [0, 0.1) is 22.0 Å². The molecule has 4 atom stereocenters. The van der Waals surface area contributed by atoms with Crippen molar-refractivity contribution >= 4 is 43.0 Å². The van der Waals surface area contributed by atoms with Crippen LogP contribution in [0.25, 0.3) is 0 Å². The van der Waals surface area contributed by atoms with Crippen LogP contribution in [0.2, 0.25) is 19.6 Å². The summed E-state index contributed by atoms with van der Waals surface area (Å²) in [6.45, 7) is 9.88. The molecule has 0 saturated carbocycles. The van der Waals surface area contributed by atoms with Crippen molar-refractivity contribution in [3.63, 3.8) is 0 Å². The minimum absolute atomic E-state index is 0.0387. The van der Waals surface area contributed by atoms with Crippen LogP contribution in [-0.2, 0) is 25.4 Å². The summed E-state index contributed by atoms with van der Waals surface area (Å²) in [6, 6.07) is 15.1. The Hall–Kier alpha value is -2.95. The molecule has 1 aliphatic heterocycles. The summed E-state index contributed by atoms with van der Waals surface area (Å²) < 4.78 is 11.6. The van der Waals surface area contributed by atoms with Gasteiger partial charge in [-0.15, -0.1) is 0 Å². The van der Waals surface area contributed by atoms with Gasteiger partial charge in [0.05, 0.1) is 23.0 Å². The normalized spacial score (nSPS) is 19.2. The van der Waals surface area contributed by atoms with Gasteiger partial charge < -0.3 is 14.1 Å². The van der Waals surface area contributed by atoms with E-state index in [0.29, 0.717) is 5.56 Å². The molecule has 1 fully saturated rings. The SMILES string of the molecule is C[C@@H](O[Si](C)(C)C)[C@H]1C(=O)N(CC(=O)OCc2ccc([N+](=O)[O-])cc2)[C@@H]1[C@@H](C)C(=S)c1ccccc1. The lowest BCUT2D eigenvalue weighted by Crippen LogP contribution is -2.69. The first-order valence-corrected chi connectivity index (χ1v) is 15.7. The fourth-order valence-corrected chi connectivity index (χ4v) is 6.09. The number of rotatable bonds is 11. The summed E-state index contributed by atoms with van der Waals surface area (Å²) in [6.07, 6.45) is -0.303. The highest BCUT2D eigenvalue weighted by Gasteiger charge is 2.54. The number of non-ortho nitro benzene ring substituents is 1. The first-order chi connectivity index (χ1) is 16.9. The summed E-state index contributed by atoms with van der Waals surface area (Å²) in [7, 11) is -1.90. The minimum atomic E-state index is -1.90. The molecule has 0 aromatic heterocycles. The van der Waals surface area contributed by atoms with Crippen molar-refractivity contribution in [2.24, 2.45) is 11.8 Å². The molecule has 1 saturated heterocycles. The van der Waals surface area contributed by atoms with Gasteiger partial charge in [-0.3, -0.25) is 19.7 Å². The van der Waals surface area contributed by atoms with Crippen molar-refractivity contribution in [2.75, 3.05) is 6.54 Å². The van der Waals surface area contributed by atoms with E-state index in [1.165, 1.54) is 29.2 Å². The van der Waals surface area contributed by atoms with E-state index in [2.05, 4.69) is 19.6 Å². The third kappa shape index (κ3) is 6.62. The van der Waals surface area contributed by atoms with Crippen LogP contribution >= 0.6 is 12.2 Å². The van der Waals surface area contributed by atoms with E-state index in [1.54, 1.807) is 0 Å². The van der Waals surface area contributed by atoms with Gasteiger partial charge in [0.2, 0.25) is 5.91 Å². The third-order valence-electron chi connectivity index (χ3n) is 6.17. The van der Waals surface area contributed by atoms with Gasteiger partial charge in [-0.25, -0.2) is 0 Å². The second-order valence-corrected chi connectivity index (χ2v) is 14.9. The lowest BCUT2D eigenvalue weighted by Gasteiger charge is -2.52. The molecular weight excluding hydrogens is 496 g/mol. The quantitative estimate of drug-likeness (QED) is 0.0789. The van der Waals surface area contributed by atoms with Crippen molar-refractivity contribution in [3.05, 3.63) is 75.8 Å². The molecule has 0 unspecified atom stereocenters. The Morgan fingerprint density at radius 2 is 1.72 bits per heavy atom. The predicted octanol–water partition coefficient (Wildman–Crippen LogP) is 4.76. The minimum Gasteiger partial charge on any atom is -0.459 e. The van der Waals surface area contributed by atoms with Gasteiger partial charge in [-0.05, 0) is 49.8 Å². The fraction of sp³-hybridized carbons (Fsp3) is 0.423. The van der Waals surface area contributed by atoms with Gasteiger partial charge in [0, 0.05) is 22.9 Å². The average molecular weight is 529 g/mol. The van der Waals surface area contributed by atoms with Gasteiger partial charge in [0.15, 0.2) is 8.32 Å². The van der Waals surface area contributed by atoms with Crippen LogP contribution in [0.15, 0.2) is 54.6 Å². The van der Waals surface area contributed by atoms with Crippen LogP contribution in [0.4, 0.5) is 5.69 Å². The molecular formula is C26H32N2O6SSi. The predicted molar refractivity (Wildman–Crippen MR) is 143 cm³/mol. The molecule has 36 heavy (non-hydrogen) atoms. The second-order valence-electron chi connectivity index (χ2n) is 10.0. The van der Waals surface area contributed by atoms with Crippen LogP contribution in [0.1, 0.15) is 25.0 Å². The summed E-state index contributed by atoms with van der Waals surface area (Å²) in [5, 5.41) is 10.8. The highest BCUT2D eigenvalue weighted by atomic mass is 32.1. The number of thiocarbonyl (C=S) groups is 1. The maximum absolute atomic E-state index is 13.2. The highest BCUT2D eigenvalue weighted by Crippen LogP contribution is 2.38. The van der Waals surface area contributed by atoms with E-state index in [0.717, 1.165) is 10.4 Å². The Morgan fingerprint density at radius 1 is 1.11 bits per heavy atom. The van der Waals surface area contributed by atoms with E-state index >= 15 is 0 Å². The maximum Gasteiger partial charge on any atom is 0.325 e. The number of carbonyl (C=O) groups is 2. The molecule has 3 rings (SSSR count). The van der Waals surface area contributed by atoms with E-state index in [9.17, 15) is 19.7 Å². The van der Waals surface area contributed by atoms with Crippen LogP contribution < -0.4 is 0 Å². The smallest absolute Gasteiger partial charge is 0.325 e. The van der Waals surface area contributed by atoms with E-state index < -0.39 is 25.1 Å². The van der Waals surface area contributed by atoms with Crippen LogP contribution in [-0.4, -0.2) is 53.6 Å². The summed E-state index contributed by atoms with van der Waals surface area (Å²) >= 11 is 5.78. The maximum atomic E-state index is 13.2. The number of nitrogens with zero attached hydrogens (tertiary/aromatic N) is 2. The Labute approximate surface area is 217 Å². The molecule has 0 spiro atoms. The van der Waals surface area contributed by atoms with E-state index in [4.69, 9.17) is 21.4 Å².